The number of nitrogens with two attached hydrogens (primary N) is 1. The number of rotatable bonds is 12. The number of methoxy groups -OCH3 is 1. The summed E-state index contributed by atoms with van der Waals surface area (Å²) in [6.07, 6.45) is -0.455. The van der Waals surface area contributed by atoms with Gasteiger partial charge in [0.05, 0.1) is 7.11 Å². The molecule has 2 aromatic rings. The number of anilines is 1. The maximum atomic E-state index is 14.0. The van der Waals surface area contributed by atoms with E-state index in [2.05, 4.69) is 10.6 Å². The van der Waals surface area contributed by atoms with Crippen molar-refractivity contribution in [3.05, 3.63) is 59.7 Å². The number of alkyl carbamates (subject to hydrolysis) is 1. The first-order valence-corrected chi connectivity index (χ1v) is 12.9. The van der Waals surface area contributed by atoms with Gasteiger partial charge in [-0.05, 0) is 70.4 Å². The Labute approximate surface area is 230 Å². The van der Waals surface area contributed by atoms with E-state index in [4.69, 9.17) is 15.2 Å². The number of ether oxygens (including phenoxy) is 2. The normalized spacial score (nSPS) is 12.6. The topological polar surface area (TPSA) is 140 Å². The van der Waals surface area contributed by atoms with Crippen LogP contribution in [0.15, 0.2) is 48.5 Å². The molecule has 0 heterocycles. The average molecular weight is 541 g/mol. The van der Waals surface area contributed by atoms with Gasteiger partial charge in [-0.25, -0.2) is 4.79 Å². The fraction of sp³-hybridized carbons (Fsp3) is 0.448. The van der Waals surface area contributed by atoms with E-state index >= 15 is 0 Å². The number of nitrogens with one attached hydrogen (secondary N) is 2. The Balaban J connectivity index is 2.47. The second-order valence-electron chi connectivity index (χ2n) is 10.3. The predicted molar refractivity (Wildman–Crippen MR) is 149 cm³/mol. The van der Waals surface area contributed by atoms with Crippen LogP contribution in [0, 0.1) is 6.92 Å². The zero-order valence-corrected chi connectivity index (χ0v) is 23.6. The number of carbonyl (C=O) groups excluding carboxylic acids is 4. The van der Waals surface area contributed by atoms with Crippen LogP contribution in [0.2, 0.25) is 0 Å². The van der Waals surface area contributed by atoms with Gasteiger partial charge in [-0.2, -0.15) is 0 Å². The highest BCUT2D eigenvalue weighted by atomic mass is 16.6. The summed E-state index contributed by atoms with van der Waals surface area (Å²) in [5, 5.41) is 5.47. The molecule has 0 saturated heterocycles. The van der Waals surface area contributed by atoms with Crippen LogP contribution in [0.3, 0.4) is 0 Å². The van der Waals surface area contributed by atoms with Gasteiger partial charge >= 0.3 is 6.09 Å². The molecule has 0 aliphatic rings. The molecule has 0 saturated carbocycles. The van der Waals surface area contributed by atoms with Crippen LogP contribution in [0.25, 0.3) is 0 Å². The van der Waals surface area contributed by atoms with Crippen molar-refractivity contribution in [3.8, 4) is 5.75 Å². The molecule has 0 fully saturated rings. The van der Waals surface area contributed by atoms with Crippen molar-refractivity contribution >= 4 is 29.5 Å². The molecule has 0 aromatic heterocycles. The van der Waals surface area contributed by atoms with Crippen molar-refractivity contribution in [2.75, 3.05) is 19.0 Å². The highest BCUT2D eigenvalue weighted by Crippen LogP contribution is 2.26. The average Bonchev–Trinajstić information content (AvgIpc) is 2.86. The molecule has 212 valence electrons. The Bertz CT molecular complexity index is 1130. The number of hydrogen-bond donors (Lipinski definition) is 3. The van der Waals surface area contributed by atoms with Crippen LogP contribution in [0.4, 0.5) is 10.5 Å². The van der Waals surface area contributed by atoms with Gasteiger partial charge in [-0.3, -0.25) is 14.4 Å². The zero-order valence-electron chi connectivity index (χ0n) is 23.6. The molecule has 0 radical (unpaired) electrons. The molecule has 0 aliphatic carbocycles. The molecule has 0 bridgehead atoms. The largest absolute Gasteiger partial charge is 0.497 e. The van der Waals surface area contributed by atoms with Gasteiger partial charge in [0.1, 0.15) is 23.4 Å². The molecule has 4 N–H and O–H groups in total. The van der Waals surface area contributed by atoms with Crippen LogP contribution >= 0.6 is 0 Å². The minimum Gasteiger partial charge on any atom is -0.497 e. The maximum Gasteiger partial charge on any atom is 0.408 e. The molecule has 39 heavy (non-hydrogen) atoms. The number of amides is 4. The van der Waals surface area contributed by atoms with E-state index in [1.54, 1.807) is 64.3 Å². The SMILES string of the molecule is CCCN(C(=O)C(CCC(N)=O)NC(=O)OC(C)(C)C)C(C(=O)Nc1ccc(OC)cc1)c1ccc(C)cc1. The van der Waals surface area contributed by atoms with Crippen LogP contribution in [-0.2, 0) is 19.1 Å². The molecule has 2 atom stereocenters. The first-order valence-electron chi connectivity index (χ1n) is 12.9. The lowest BCUT2D eigenvalue weighted by molar-refractivity contribution is -0.141. The lowest BCUT2D eigenvalue weighted by Crippen LogP contribution is -2.52. The van der Waals surface area contributed by atoms with Gasteiger partial charge in [0.15, 0.2) is 0 Å². The lowest BCUT2D eigenvalue weighted by Gasteiger charge is -2.34. The first-order chi connectivity index (χ1) is 18.3. The molecular weight excluding hydrogens is 500 g/mol. The van der Waals surface area contributed by atoms with Gasteiger partial charge in [0.25, 0.3) is 5.91 Å². The van der Waals surface area contributed by atoms with E-state index in [9.17, 15) is 19.2 Å². The monoisotopic (exact) mass is 540 g/mol. The molecule has 2 unspecified atom stereocenters. The molecule has 4 amide bonds. The summed E-state index contributed by atoms with van der Waals surface area (Å²) in [5.74, 6) is -0.944. The van der Waals surface area contributed by atoms with E-state index in [1.807, 2.05) is 26.0 Å². The first kappa shape index (κ1) is 31.1. The minimum atomic E-state index is -1.14. The molecular formula is C29H40N4O6. The van der Waals surface area contributed by atoms with Crippen LogP contribution in [-0.4, -0.2) is 54.0 Å². The summed E-state index contributed by atoms with van der Waals surface area (Å²) in [4.78, 5) is 53.3. The van der Waals surface area contributed by atoms with Gasteiger partial charge in [-0.1, -0.05) is 36.8 Å². The van der Waals surface area contributed by atoms with Crippen molar-refractivity contribution in [2.45, 2.75) is 71.6 Å². The fourth-order valence-electron chi connectivity index (χ4n) is 3.91. The second-order valence-corrected chi connectivity index (χ2v) is 10.3. The predicted octanol–water partition coefficient (Wildman–Crippen LogP) is 4.08. The van der Waals surface area contributed by atoms with Crippen LogP contribution < -0.4 is 21.1 Å². The Morgan fingerprint density at radius 1 is 1.00 bits per heavy atom. The number of benzene rings is 2. The standard InChI is InChI=1S/C29H40N4O6/c1-7-18-33(27(36)23(16-17-24(30)34)32-28(37)39-29(3,4)5)25(20-10-8-19(2)9-11-20)26(35)31-21-12-14-22(38-6)15-13-21/h8-15,23,25H,7,16-18H2,1-6H3,(H2,30,34)(H,31,35)(H,32,37). The fourth-order valence-corrected chi connectivity index (χ4v) is 3.91. The van der Waals surface area contributed by atoms with E-state index in [0.717, 1.165) is 5.56 Å². The highest BCUT2D eigenvalue weighted by Gasteiger charge is 2.36. The van der Waals surface area contributed by atoms with Crippen LogP contribution in [0.5, 0.6) is 5.75 Å². The summed E-state index contributed by atoms with van der Waals surface area (Å²) in [5.41, 5.74) is 6.67. The van der Waals surface area contributed by atoms with Crippen molar-refractivity contribution in [1.29, 1.82) is 0 Å². The van der Waals surface area contributed by atoms with E-state index in [-0.39, 0.29) is 19.4 Å². The Kier molecular flexibility index (Phi) is 11.3. The summed E-state index contributed by atoms with van der Waals surface area (Å²) >= 11 is 0. The lowest BCUT2D eigenvalue weighted by atomic mass is 10.00. The molecule has 10 nitrogen and oxygen atoms in total. The van der Waals surface area contributed by atoms with Crippen molar-refractivity contribution in [2.24, 2.45) is 5.73 Å². The second kappa shape index (κ2) is 14.2. The minimum absolute atomic E-state index is 0.0473. The Morgan fingerprint density at radius 3 is 2.13 bits per heavy atom. The van der Waals surface area contributed by atoms with Gasteiger partial charge in [0, 0.05) is 18.7 Å². The van der Waals surface area contributed by atoms with Crippen molar-refractivity contribution in [1.82, 2.24) is 10.2 Å². The number of aryl methyl sites for hydroxylation is 1. The number of nitrogens with zero attached hydrogens (tertiary/aromatic N) is 1. The van der Waals surface area contributed by atoms with Gasteiger partial charge in [0.2, 0.25) is 11.8 Å². The molecule has 2 rings (SSSR count). The summed E-state index contributed by atoms with van der Waals surface area (Å²) in [6.45, 7) is 9.13. The van der Waals surface area contributed by atoms with Crippen molar-refractivity contribution < 1.29 is 28.7 Å². The van der Waals surface area contributed by atoms with Gasteiger partial charge in [-0.15, -0.1) is 0 Å². The molecule has 2 aromatic carbocycles. The zero-order chi connectivity index (χ0) is 29.2. The highest BCUT2D eigenvalue weighted by molar-refractivity contribution is 5.99. The van der Waals surface area contributed by atoms with E-state index in [1.165, 1.54) is 4.90 Å². The third-order valence-electron chi connectivity index (χ3n) is 5.73. The number of hydrogen-bond acceptors (Lipinski definition) is 6. The number of carbonyl (C=O) groups is 4. The third-order valence-corrected chi connectivity index (χ3v) is 5.73. The number of primary amides is 1. The quantitative estimate of drug-likeness (QED) is 0.371. The van der Waals surface area contributed by atoms with Crippen LogP contribution in [0.1, 0.15) is 64.1 Å². The van der Waals surface area contributed by atoms with E-state index < -0.39 is 41.5 Å². The summed E-state index contributed by atoms with van der Waals surface area (Å²) in [6, 6.07) is 12.0. The van der Waals surface area contributed by atoms with Crippen molar-refractivity contribution in [3.63, 3.8) is 0 Å². The molecule has 10 heteroatoms. The smallest absolute Gasteiger partial charge is 0.408 e. The molecule has 0 aliphatic heterocycles. The maximum absolute atomic E-state index is 14.0. The Morgan fingerprint density at radius 2 is 1.62 bits per heavy atom. The Hall–Kier alpha value is -4.08. The molecule has 0 spiro atoms. The van der Waals surface area contributed by atoms with E-state index in [0.29, 0.717) is 23.4 Å². The summed E-state index contributed by atoms with van der Waals surface area (Å²) < 4.78 is 10.5. The summed E-state index contributed by atoms with van der Waals surface area (Å²) in [7, 11) is 1.55. The third kappa shape index (κ3) is 9.96. The van der Waals surface area contributed by atoms with Gasteiger partial charge < -0.3 is 30.7 Å².